The largest absolute Gasteiger partial charge is 0.394 e. The van der Waals surface area contributed by atoms with Crippen LogP contribution in [-0.4, -0.2) is 72.4 Å². The smallest absolute Gasteiger partial charge is 0.238 e. The topological polar surface area (TPSA) is 76.8 Å². The first-order valence-electron chi connectivity index (χ1n) is 10.6. The van der Waals surface area contributed by atoms with Gasteiger partial charge >= 0.3 is 0 Å². The lowest BCUT2D eigenvalue weighted by molar-refractivity contribution is -0.149. The molecule has 0 aromatic heterocycles. The summed E-state index contributed by atoms with van der Waals surface area (Å²) >= 11 is 0. The van der Waals surface area contributed by atoms with Crippen LogP contribution >= 0.6 is 0 Å². The highest BCUT2D eigenvalue weighted by molar-refractivity contribution is 5.81. The molecule has 6 heteroatoms. The molecule has 1 aromatic rings. The minimum absolute atomic E-state index is 0.0805. The molecule has 1 N–H and O–H groups in total. The maximum absolute atomic E-state index is 13.0. The van der Waals surface area contributed by atoms with E-state index in [1.165, 1.54) is 24.0 Å². The van der Waals surface area contributed by atoms with Crippen LogP contribution < -0.4 is 0 Å². The van der Waals surface area contributed by atoms with Crippen LogP contribution in [0, 0.1) is 11.3 Å². The monoisotopic (exact) mass is 395 g/mol. The molecule has 3 aliphatic rings. The molecule has 2 fully saturated rings. The lowest BCUT2D eigenvalue weighted by Crippen LogP contribution is -2.66. The van der Waals surface area contributed by atoms with E-state index in [1.807, 2.05) is 12.1 Å². The van der Waals surface area contributed by atoms with E-state index in [9.17, 15) is 15.2 Å². The van der Waals surface area contributed by atoms with Crippen molar-refractivity contribution >= 4 is 11.5 Å². The number of allylic oxidation sites excluding steroid dienone is 2. The Morgan fingerprint density at radius 2 is 2.03 bits per heavy atom. The number of nitrogens with zero attached hydrogens (tertiary/aromatic N) is 3. The Hall–Kier alpha value is -2.20. The number of aliphatic hydroxyl groups is 1. The Balaban J connectivity index is 1.57. The number of rotatable bonds is 5. The average molecular weight is 396 g/mol. The van der Waals surface area contributed by atoms with Crippen molar-refractivity contribution in [2.24, 2.45) is 0 Å². The van der Waals surface area contributed by atoms with Crippen LogP contribution in [0.1, 0.15) is 42.7 Å². The van der Waals surface area contributed by atoms with Gasteiger partial charge in [-0.15, -0.1) is 0 Å². The van der Waals surface area contributed by atoms with Crippen molar-refractivity contribution in [2.75, 3.05) is 39.5 Å². The molecule has 2 heterocycles. The third-order valence-electron chi connectivity index (χ3n) is 6.44. The van der Waals surface area contributed by atoms with Crippen molar-refractivity contribution in [3.05, 3.63) is 41.5 Å². The molecule has 0 spiro atoms. The third kappa shape index (κ3) is 3.95. The summed E-state index contributed by atoms with van der Waals surface area (Å²) in [6, 6.07) is 9.66. The second-order valence-electron chi connectivity index (χ2n) is 8.10. The van der Waals surface area contributed by atoms with E-state index in [0.29, 0.717) is 13.2 Å². The number of ether oxygens (including phenoxy) is 1. The van der Waals surface area contributed by atoms with Crippen molar-refractivity contribution in [2.45, 2.75) is 43.7 Å². The maximum Gasteiger partial charge on any atom is 0.238 e. The van der Waals surface area contributed by atoms with Crippen molar-refractivity contribution in [1.82, 2.24) is 9.80 Å². The standard InChI is InChI=1S/C23H29N3O3/c24-14-20-23(19-9-5-4-8-18(19)17-6-2-1-3-7-17)21(16-27)26(20)22(28)15-25-10-12-29-13-11-25/h4-6,8-9,20-21,23,27H,1-3,7,10-13,15-16H2/t20-,21+,23-/m0/s1. The number of benzene rings is 1. The highest BCUT2D eigenvalue weighted by atomic mass is 16.5. The molecule has 0 saturated carbocycles. The number of aliphatic hydroxyl groups excluding tert-OH is 1. The summed E-state index contributed by atoms with van der Waals surface area (Å²) in [4.78, 5) is 16.6. The van der Waals surface area contributed by atoms with Crippen LogP contribution in [0.25, 0.3) is 5.57 Å². The highest BCUT2D eigenvalue weighted by Gasteiger charge is 2.52. The Morgan fingerprint density at radius 3 is 2.72 bits per heavy atom. The normalized spacial score (nSPS) is 27.7. The number of carbonyl (C=O) groups excluding carboxylic acids is 1. The number of amides is 1. The molecule has 0 bridgehead atoms. The zero-order valence-electron chi connectivity index (χ0n) is 16.8. The molecule has 6 nitrogen and oxygen atoms in total. The zero-order chi connectivity index (χ0) is 20.2. The van der Waals surface area contributed by atoms with Gasteiger partial charge in [-0.05, 0) is 42.4 Å². The quantitative estimate of drug-likeness (QED) is 0.827. The van der Waals surface area contributed by atoms with Crippen molar-refractivity contribution in [3.8, 4) is 6.07 Å². The van der Waals surface area contributed by atoms with Crippen molar-refractivity contribution in [3.63, 3.8) is 0 Å². The fourth-order valence-corrected chi connectivity index (χ4v) is 4.92. The fourth-order valence-electron chi connectivity index (χ4n) is 4.92. The summed E-state index contributed by atoms with van der Waals surface area (Å²) < 4.78 is 5.35. The average Bonchev–Trinajstić information content (AvgIpc) is 2.75. The fraction of sp³-hybridized carbons (Fsp3) is 0.565. The van der Waals surface area contributed by atoms with E-state index >= 15 is 0 Å². The number of likely N-dealkylation sites (tertiary alicyclic amines) is 1. The van der Waals surface area contributed by atoms with E-state index in [1.54, 1.807) is 4.90 Å². The second-order valence-corrected chi connectivity index (χ2v) is 8.10. The predicted octanol–water partition coefficient (Wildman–Crippen LogP) is 2.16. The highest BCUT2D eigenvalue weighted by Crippen LogP contribution is 2.44. The number of hydrogen-bond acceptors (Lipinski definition) is 5. The van der Waals surface area contributed by atoms with Gasteiger partial charge in [0.05, 0.1) is 38.5 Å². The van der Waals surface area contributed by atoms with Crippen LogP contribution in [0.15, 0.2) is 30.3 Å². The second kappa shape index (κ2) is 9.08. The van der Waals surface area contributed by atoms with Gasteiger partial charge in [0.15, 0.2) is 0 Å². The van der Waals surface area contributed by atoms with Gasteiger partial charge in [0.1, 0.15) is 6.04 Å². The number of hydrogen-bond donors (Lipinski definition) is 1. The van der Waals surface area contributed by atoms with E-state index < -0.39 is 6.04 Å². The third-order valence-corrected chi connectivity index (χ3v) is 6.44. The first-order valence-corrected chi connectivity index (χ1v) is 10.6. The number of carbonyl (C=O) groups is 1. The Kier molecular flexibility index (Phi) is 6.29. The first kappa shape index (κ1) is 20.1. The first-order chi connectivity index (χ1) is 14.2. The summed E-state index contributed by atoms with van der Waals surface area (Å²) in [6.07, 6.45) is 6.84. The van der Waals surface area contributed by atoms with E-state index in [4.69, 9.17) is 4.74 Å². The SMILES string of the molecule is N#C[C@H]1[C@H](c2ccccc2C2=CCCCC2)[C@@H](CO)N1C(=O)CN1CCOCC1. The van der Waals surface area contributed by atoms with Crippen LogP contribution in [0.3, 0.4) is 0 Å². The van der Waals surface area contributed by atoms with Gasteiger partial charge in [-0.25, -0.2) is 0 Å². The van der Waals surface area contributed by atoms with E-state index in [0.717, 1.165) is 31.5 Å². The van der Waals surface area contributed by atoms with Gasteiger partial charge < -0.3 is 14.7 Å². The molecular weight excluding hydrogens is 366 g/mol. The minimum atomic E-state index is -0.536. The van der Waals surface area contributed by atoms with Crippen molar-refractivity contribution < 1.29 is 14.6 Å². The van der Waals surface area contributed by atoms with Gasteiger partial charge in [-0.3, -0.25) is 9.69 Å². The summed E-state index contributed by atoms with van der Waals surface area (Å²) in [5.41, 5.74) is 3.59. The molecule has 1 amide bonds. The number of morpholine rings is 1. The zero-order valence-corrected chi connectivity index (χ0v) is 16.8. The van der Waals surface area contributed by atoms with Gasteiger partial charge in [-0.1, -0.05) is 30.3 Å². The van der Waals surface area contributed by atoms with Gasteiger partial charge in [0.2, 0.25) is 5.91 Å². The van der Waals surface area contributed by atoms with Crippen LogP contribution in [0.5, 0.6) is 0 Å². The molecule has 154 valence electrons. The van der Waals surface area contributed by atoms with Gasteiger partial charge in [0.25, 0.3) is 0 Å². The lowest BCUT2D eigenvalue weighted by Gasteiger charge is -2.52. The molecule has 29 heavy (non-hydrogen) atoms. The van der Waals surface area contributed by atoms with Gasteiger partial charge in [0, 0.05) is 19.0 Å². The summed E-state index contributed by atoms with van der Waals surface area (Å²) in [6.45, 7) is 2.84. The predicted molar refractivity (Wildman–Crippen MR) is 110 cm³/mol. The molecule has 1 aliphatic carbocycles. The minimum Gasteiger partial charge on any atom is -0.394 e. The molecule has 1 aromatic carbocycles. The molecule has 2 saturated heterocycles. The number of nitriles is 1. The van der Waals surface area contributed by atoms with E-state index in [2.05, 4.69) is 29.2 Å². The Morgan fingerprint density at radius 1 is 1.24 bits per heavy atom. The molecule has 0 radical (unpaired) electrons. The van der Waals surface area contributed by atoms with Crippen LogP contribution in [0.4, 0.5) is 0 Å². The summed E-state index contributed by atoms with van der Waals surface area (Å²) in [7, 11) is 0. The summed E-state index contributed by atoms with van der Waals surface area (Å²) in [5.74, 6) is -0.235. The maximum atomic E-state index is 13.0. The molecule has 0 unspecified atom stereocenters. The van der Waals surface area contributed by atoms with Gasteiger partial charge in [-0.2, -0.15) is 5.26 Å². The molecular formula is C23H29N3O3. The Labute approximate surface area is 172 Å². The summed E-state index contributed by atoms with van der Waals surface area (Å²) in [5, 5.41) is 20.0. The Bertz CT molecular complexity index is 810. The van der Waals surface area contributed by atoms with Crippen molar-refractivity contribution in [1.29, 1.82) is 5.26 Å². The molecule has 3 atom stereocenters. The molecule has 2 aliphatic heterocycles. The van der Waals surface area contributed by atoms with Crippen LogP contribution in [0.2, 0.25) is 0 Å². The van der Waals surface area contributed by atoms with E-state index in [-0.39, 0.29) is 31.0 Å². The lowest BCUT2D eigenvalue weighted by atomic mass is 9.72. The molecule has 4 rings (SSSR count). The van der Waals surface area contributed by atoms with Crippen LogP contribution in [-0.2, 0) is 9.53 Å².